The summed E-state index contributed by atoms with van der Waals surface area (Å²) in [4.78, 5) is 16.9. The van der Waals surface area contributed by atoms with Gasteiger partial charge in [0.1, 0.15) is 5.25 Å². The lowest BCUT2D eigenvalue weighted by atomic mass is 9.93. The largest absolute Gasteiger partial charge is 0.480 e. The van der Waals surface area contributed by atoms with Gasteiger partial charge in [0, 0.05) is 22.9 Å². The molecule has 25 heavy (non-hydrogen) atoms. The van der Waals surface area contributed by atoms with Gasteiger partial charge >= 0.3 is 5.97 Å². The van der Waals surface area contributed by atoms with E-state index in [2.05, 4.69) is 41.4 Å². The number of aromatic nitrogens is 1. The van der Waals surface area contributed by atoms with Crippen molar-refractivity contribution in [2.45, 2.75) is 35.3 Å². The van der Waals surface area contributed by atoms with Gasteiger partial charge in [-0.25, -0.2) is 0 Å². The Balaban J connectivity index is 1.70. The van der Waals surface area contributed by atoms with E-state index in [9.17, 15) is 9.90 Å². The first-order valence-electron chi connectivity index (χ1n) is 8.60. The fourth-order valence-corrected chi connectivity index (χ4v) is 5.02. The highest BCUT2D eigenvalue weighted by Gasteiger charge is 2.31. The van der Waals surface area contributed by atoms with Crippen LogP contribution < -0.4 is 0 Å². The quantitative estimate of drug-likeness (QED) is 0.733. The molecule has 1 aliphatic carbocycles. The third-order valence-electron chi connectivity index (χ3n) is 5.18. The highest BCUT2D eigenvalue weighted by Crippen LogP contribution is 2.47. The maximum Gasteiger partial charge on any atom is 0.317 e. The molecule has 0 amide bonds. The summed E-state index contributed by atoms with van der Waals surface area (Å²) in [5, 5.41) is 11.5. The molecule has 0 bridgehead atoms. The third kappa shape index (κ3) is 2.44. The van der Waals surface area contributed by atoms with E-state index in [1.165, 1.54) is 40.9 Å². The summed E-state index contributed by atoms with van der Waals surface area (Å²) < 4.78 is 0. The van der Waals surface area contributed by atoms with Crippen LogP contribution in [0, 0.1) is 0 Å². The van der Waals surface area contributed by atoms with Crippen molar-refractivity contribution in [2.24, 2.45) is 0 Å². The number of pyridine rings is 1. The predicted molar refractivity (Wildman–Crippen MR) is 100 cm³/mol. The van der Waals surface area contributed by atoms with Crippen molar-refractivity contribution < 1.29 is 9.90 Å². The summed E-state index contributed by atoms with van der Waals surface area (Å²) in [6.07, 6.45) is 6.81. The van der Waals surface area contributed by atoms with Crippen molar-refractivity contribution >= 4 is 28.5 Å². The van der Waals surface area contributed by atoms with Gasteiger partial charge in [-0.15, -0.1) is 11.8 Å². The van der Waals surface area contributed by atoms with Crippen LogP contribution in [0.2, 0.25) is 0 Å². The first-order chi connectivity index (χ1) is 12.2. The van der Waals surface area contributed by atoms with Crippen molar-refractivity contribution in [3.63, 3.8) is 0 Å². The second kappa shape index (κ2) is 5.60. The van der Waals surface area contributed by atoms with E-state index >= 15 is 0 Å². The summed E-state index contributed by atoms with van der Waals surface area (Å²) in [6, 6.07) is 13.0. The van der Waals surface area contributed by atoms with E-state index in [-0.39, 0.29) is 0 Å². The van der Waals surface area contributed by atoms with E-state index in [4.69, 9.17) is 0 Å². The van der Waals surface area contributed by atoms with E-state index < -0.39 is 11.2 Å². The topological polar surface area (TPSA) is 50.2 Å². The number of fused-ring (bicyclic) bond motifs is 2. The highest BCUT2D eigenvalue weighted by atomic mass is 32.2. The number of carbonyl (C=O) groups is 1. The standard InChI is InChI=1S/C21H17NO2S/c23-21(24)19-9-13-10-22-11-18(20(13)25-19)17-8-7-14(12-5-6-12)15-3-1-2-4-16(15)17/h1-4,7-8,10-12,19H,5-6,9H2,(H,23,24). The number of benzene rings is 2. The Kier molecular flexibility index (Phi) is 3.35. The van der Waals surface area contributed by atoms with Gasteiger partial charge in [0.15, 0.2) is 0 Å². The van der Waals surface area contributed by atoms with E-state index in [1.54, 1.807) is 0 Å². The Morgan fingerprint density at radius 3 is 2.60 bits per heavy atom. The van der Waals surface area contributed by atoms with Crippen LogP contribution in [0.15, 0.2) is 53.7 Å². The van der Waals surface area contributed by atoms with Gasteiger partial charge in [0.05, 0.1) is 0 Å². The second-order valence-electron chi connectivity index (χ2n) is 6.85. The van der Waals surface area contributed by atoms with Gasteiger partial charge in [-0.1, -0.05) is 36.4 Å². The molecule has 4 heteroatoms. The molecule has 0 radical (unpaired) electrons. The van der Waals surface area contributed by atoms with Gasteiger partial charge in [0.25, 0.3) is 0 Å². The highest BCUT2D eigenvalue weighted by molar-refractivity contribution is 8.01. The molecule has 1 unspecified atom stereocenters. The van der Waals surface area contributed by atoms with Crippen molar-refractivity contribution in [3.05, 3.63) is 59.9 Å². The normalized spacial score (nSPS) is 19.1. The van der Waals surface area contributed by atoms with Crippen LogP contribution in [0.1, 0.15) is 29.9 Å². The molecule has 3 nitrogen and oxygen atoms in total. The number of rotatable bonds is 3. The lowest BCUT2D eigenvalue weighted by molar-refractivity contribution is -0.136. The molecular formula is C21H17NO2S. The van der Waals surface area contributed by atoms with Crippen LogP contribution in [-0.4, -0.2) is 21.3 Å². The monoisotopic (exact) mass is 347 g/mol. The van der Waals surface area contributed by atoms with Crippen LogP contribution in [0.3, 0.4) is 0 Å². The Bertz CT molecular complexity index is 1010. The number of hydrogen-bond acceptors (Lipinski definition) is 3. The minimum absolute atomic E-state index is 0.407. The van der Waals surface area contributed by atoms with Gasteiger partial charge < -0.3 is 5.11 Å². The zero-order valence-corrected chi connectivity index (χ0v) is 14.4. The summed E-state index contributed by atoms with van der Waals surface area (Å²) in [5.41, 5.74) is 4.70. The minimum Gasteiger partial charge on any atom is -0.480 e. The average Bonchev–Trinajstić information content (AvgIpc) is 3.37. The maximum atomic E-state index is 11.4. The number of thioether (sulfide) groups is 1. The number of hydrogen-bond donors (Lipinski definition) is 1. The van der Waals surface area contributed by atoms with Gasteiger partial charge in [-0.3, -0.25) is 9.78 Å². The number of nitrogens with zero attached hydrogens (tertiary/aromatic N) is 1. The molecule has 3 aromatic rings. The van der Waals surface area contributed by atoms with Crippen LogP contribution in [0.5, 0.6) is 0 Å². The molecule has 1 saturated carbocycles. The van der Waals surface area contributed by atoms with Crippen molar-refractivity contribution in [1.82, 2.24) is 4.98 Å². The summed E-state index contributed by atoms with van der Waals surface area (Å²) in [7, 11) is 0. The third-order valence-corrected chi connectivity index (χ3v) is 6.55. The molecule has 1 aliphatic heterocycles. The minimum atomic E-state index is -0.749. The molecular weight excluding hydrogens is 330 g/mol. The fraction of sp³-hybridized carbons (Fsp3) is 0.238. The lowest BCUT2D eigenvalue weighted by Crippen LogP contribution is -2.14. The molecule has 0 saturated heterocycles. The fourth-order valence-electron chi connectivity index (χ4n) is 3.80. The van der Waals surface area contributed by atoms with Gasteiger partial charge in [-0.2, -0.15) is 0 Å². The molecule has 2 heterocycles. The molecule has 124 valence electrons. The summed E-state index contributed by atoms with van der Waals surface area (Å²) in [6.45, 7) is 0. The second-order valence-corrected chi connectivity index (χ2v) is 8.06. The first-order valence-corrected chi connectivity index (χ1v) is 9.48. The molecule has 1 fully saturated rings. The number of carboxylic acid groups (broad SMARTS) is 1. The van der Waals surface area contributed by atoms with Crippen LogP contribution in [-0.2, 0) is 11.2 Å². The Labute approximate surface area is 150 Å². The Morgan fingerprint density at radius 2 is 1.84 bits per heavy atom. The van der Waals surface area contributed by atoms with E-state index in [0.717, 1.165) is 21.6 Å². The summed E-state index contributed by atoms with van der Waals surface area (Å²) in [5.74, 6) is -0.0505. The van der Waals surface area contributed by atoms with Crippen LogP contribution >= 0.6 is 11.8 Å². The van der Waals surface area contributed by atoms with Crippen molar-refractivity contribution in [3.8, 4) is 11.1 Å². The maximum absolute atomic E-state index is 11.4. The molecule has 1 atom stereocenters. The van der Waals surface area contributed by atoms with E-state index in [0.29, 0.717) is 12.3 Å². The van der Waals surface area contributed by atoms with Crippen LogP contribution in [0.25, 0.3) is 21.9 Å². The summed E-state index contributed by atoms with van der Waals surface area (Å²) >= 11 is 1.46. The number of aliphatic carboxylic acids is 1. The molecule has 1 N–H and O–H groups in total. The van der Waals surface area contributed by atoms with Gasteiger partial charge in [0.2, 0.25) is 0 Å². The SMILES string of the molecule is O=C(O)C1Cc2cncc(-c3ccc(C4CC4)c4ccccc34)c2S1. The van der Waals surface area contributed by atoms with Crippen LogP contribution in [0.4, 0.5) is 0 Å². The first kappa shape index (κ1) is 15.0. The Morgan fingerprint density at radius 1 is 1.04 bits per heavy atom. The smallest absolute Gasteiger partial charge is 0.317 e. The average molecular weight is 347 g/mol. The van der Waals surface area contributed by atoms with Crippen molar-refractivity contribution in [2.75, 3.05) is 0 Å². The molecule has 2 aromatic carbocycles. The zero-order valence-electron chi connectivity index (χ0n) is 13.6. The Hall–Kier alpha value is -2.33. The molecule has 5 rings (SSSR count). The predicted octanol–water partition coefficient (Wildman–Crippen LogP) is 4.88. The number of carboxylic acids is 1. The van der Waals surface area contributed by atoms with E-state index in [1.807, 2.05) is 12.4 Å². The molecule has 1 aromatic heterocycles. The van der Waals surface area contributed by atoms with Gasteiger partial charge in [-0.05, 0) is 52.6 Å². The molecule has 0 spiro atoms. The molecule has 2 aliphatic rings. The lowest BCUT2D eigenvalue weighted by Gasteiger charge is -2.13. The zero-order chi connectivity index (χ0) is 17.0. The van der Waals surface area contributed by atoms with Crippen molar-refractivity contribution in [1.29, 1.82) is 0 Å².